The van der Waals surface area contributed by atoms with Gasteiger partial charge in [0.05, 0.1) is 11.0 Å². The highest BCUT2D eigenvalue weighted by molar-refractivity contribution is 7.89. The van der Waals surface area contributed by atoms with E-state index in [4.69, 9.17) is 4.74 Å². The molecule has 6 nitrogen and oxygen atoms in total. The number of nitrogens with one attached hydrogen (secondary N) is 1. The molecule has 26 heavy (non-hydrogen) atoms. The molecule has 0 bridgehead atoms. The fourth-order valence-corrected chi connectivity index (χ4v) is 4.06. The highest BCUT2D eigenvalue weighted by Crippen LogP contribution is 2.19. The van der Waals surface area contributed by atoms with Gasteiger partial charge in [-0.3, -0.25) is 4.79 Å². The van der Waals surface area contributed by atoms with Crippen molar-refractivity contribution in [1.29, 1.82) is 0 Å². The van der Waals surface area contributed by atoms with Gasteiger partial charge in [0.1, 0.15) is 0 Å². The molecule has 0 spiro atoms. The Hall–Kier alpha value is -2.22. The SMILES string of the molecule is CN(CC1CCCO1)S(=O)(=O)c1ccc(C(=O)Nc2ccccc2)cc1. The van der Waals surface area contributed by atoms with Crippen LogP contribution in [0.25, 0.3) is 0 Å². The zero-order valence-electron chi connectivity index (χ0n) is 14.6. The molecular formula is C19H22N2O4S. The number of para-hydroxylation sites is 1. The Balaban J connectivity index is 1.68. The van der Waals surface area contributed by atoms with E-state index in [1.165, 1.54) is 28.6 Å². The maximum Gasteiger partial charge on any atom is 0.255 e. The summed E-state index contributed by atoms with van der Waals surface area (Å²) in [5.74, 6) is -0.284. The van der Waals surface area contributed by atoms with E-state index in [-0.39, 0.29) is 16.9 Å². The van der Waals surface area contributed by atoms with Crippen LogP contribution in [-0.2, 0) is 14.8 Å². The van der Waals surface area contributed by atoms with Crippen molar-refractivity contribution >= 4 is 21.6 Å². The summed E-state index contributed by atoms with van der Waals surface area (Å²) in [7, 11) is -2.06. The van der Waals surface area contributed by atoms with E-state index in [1.807, 2.05) is 18.2 Å². The predicted octanol–water partition coefficient (Wildman–Crippen LogP) is 2.74. The number of ether oxygens (including phenoxy) is 1. The molecule has 2 aromatic rings. The normalized spacial score (nSPS) is 17.4. The van der Waals surface area contributed by atoms with Crippen LogP contribution in [0.5, 0.6) is 0 Å². The van der Waals surface area contributed by atoms with Crippen LogP contribution in [0, 0.1) is 0 Å². The number of sulfonamides is 1. The first kappa shape index (κ1) is 18.6. The largest absolute Gasteiger partial charge is 0.377 e. The number of hydrogen-bond donors (Lipinski definition) is 1. The molecule has 1 aliphatic rings. The Labute approximate surface area is 153 Å². The highest BCUT2D eigenvalue weighted by Gasteiger charge is 2.26. The van der Waals surface area contributed by atoms with E-state index in [0.29, 0.717) is 24.4 Å². The fraction of sp³-hybridized carbons (Fsp3) is 0.316. The van der Waals surface area contributed by atoms with Crippen LogP contribution in [-0.4, -0.2) is 44.9 Å². The van der Waals surface area contributed by atoms with Crippen LogP contribution in [0.4, 0.5) is 5.69 Å². The van der Waals surface area contributed by atoms with Gasteiger partial charge >= 0.3 is 0 Å². The number of amides is 1. The summed E-state index contributed by atoms with van der Waals surface area (Å²) < 4.78 is 32.1. The second-order valence-electron chi connectivity index (χ2n) is 6.27. The lowest BCUT2D eigenvalue weighted by molar-refractivity contribution is 0.0979. The van der Waals surface area contributed by atoms with Crippen molar-refractivity contribution < 1.29 is 17.9 Å². The Morgan fingerprint density at radius 3 is 2.46 bits per heavy atom. The number of carbonyl (C=O) groups is 1. The van der Waals surface area contributed by atoms with E-state index in [2.05, 4.69) is 5.32 Å². The summed E-state index contributed by atoms with van der Waals surface area (Å²) in [4.78, 5) is 12.4. The molecular weight excluding hydrogens is 352 g/mol. The van der Waals surface area contributed by atoms with Crippen LogP contribution in [0.3, 0.4) is 0 Å². The Morgan fingerprint density at radius 2 is 1.85 bits per heavy atom. The second kappa shape index (κ2) is 7.99. The van der Waals surface area contributed by atoms with Crippen molar-refractivity contribution in [1.82, 2.24) is 4.31 Å². The first-order valence-corrected chi connectivity index (χ1v) is 9.95. The van der Waals surface area contributed by atoms with Gasteiger partial charge in [0.2, 0.25) is 10.0 Å². The average Bonchev–Trinajstić information content (AvgIpc) is 3.15. The van der Waals surface area contributed by atoms with Gasteiger partial charge < -0.3 is 10.1 Å². The minimum atomic E-state index is -3.61. The van der Waals surface area contributed by atoms with Crippen LogP contribution < -0.4 is 5.32 Å². The maximum atomic E-state index is 12.7. The van der Waals surface area contributed by atoms with Gasteiger partial charge in [-0.2, -0.15) is 4.31 Å². The quantitative estimate of drug-likeness (QED) is 0.844. The monoisotopic (exact) mass is 374 g/mol. The Morgan fingerprint density at radius 1 is 1.15 bits per heavy atom. The molecule has 1 amide bonds. The van der Waals surface area contributed by atoms with Gasteiger partial charge in [-0.1, -0.05) is 18.2 Å². The number of hydrogen-bond acceptors (Lipinski definition) is 4. The van der Waals surface area contributed by atoms with E-state index in [0.717, 1.165) is 12.8 Å². The highest BCUT2D eigenvalue weighted by atomic mass is 32.2. The summed E-state index contributed by atoms with van der Waals surface area (Å²) in [5, 5.41) is 2.77. The molecule has 0 aliphatic carbocycles. The lowest BCUT2D eigenvalue weighted by atomic mass is 10.2. The van der Waals surface area contributed by atoms with Gasteiger partial charge in [-0.25, -0.2) is 8.42 Å². The zero-order chi connectivity index (χ0) is 18.6. The molecule has 1 heterocycles. The topological polar surface area (TPSA) is 75.7 Å². The smallest absolute Gasteiger partial charge is 0.255 e. The number of benzene rings is 2. The van der Waals surface area contributed by atoms with Crippen molar-refractivity contribution in [3.8, 4) is 0 Å². The van der Waals surface area contributed by atoms with Crippen molar-refractivity contribution in [2.75, 3.05) is 25.5 Å². The van der Waals surface area contributed by atoms with E-state index < -0.39 is 10.0 Å². The van der Waals surface area contributed by atoms with E-state index in [1.54, 1.807) is 19.2 Å². The van der Waals surface area contributed by atoms with Crippen molar-refractivity contribution in [2.24, 2.45) is 0 Å². The first-order chi connectivity index (χ1) is 12.5. The molecule has 1 saturated heterocycles. The number of rotatable bonds is 6. The summed E-state index contributed by atoms with van der Waals surface area (Å²) in [6.45, 7) is 1.02. The molecule has 1 atom stereocenters. The van der Waals surface area contributed by atoms with Crippen molar-refractivity contribution in [3.05, 3.63) is 60.2 Å². The third-order valence-electron chi connectivity index (χ3n) is 4.34. The molecule has 0 saturated carbocycles. The minimum absolute atomic E-state index is 0.0503. The molecule has 0 radical (unpaired) electrons. The standard InChI is InChI=1S/C19H22N2O4S/c1-21(14-17-8-5-13-25-17)26(23,24)18-11-9-15(10-12-18)19(22)20-16-6-3-2-4-7-16/h2-4,6-7,9-12,17H,5,8,13-14H2,1H3,(H,20,22). The van der Waals surface area contributed by atoms with Crippen LogP contribution in [0.1, 0.15) is 23.2 Å². The summed E-state index contributed by atoms with van der Waals surface area (Å²) >= 11 is 0. The summed E-state index contributed by atoms with van der Waals surface area (Å²) in [6.07, 6.45) is 1.79. The lowest BCUT2D eigenvalue weighted by Gasteiger charge is -2.20. The minimum Gasteiger partial charge on any atom is -0.377 e. The van der Waals surface area contributed by atoms with Gasteiger partial charge in [0.15, 0.2) is 0 Å². The first-order valence-electron chi connectivity index (χ1n) is 8.51. The molecule has 138 valence electrons. The second-order valence-corrected chi connectivity index (χ2v) is 8.31. The number of nitrogens with zero attached hydrogens (tertiary/aromatic N) is 1. The molecule has 2 aromatic carbocycles. The van der Waals surface area contributed by atoms with Crippen LogP contribution in [0.15, 0.2) is 59.5 Å². The predicted molar refractivity (Wildman–Crippen MR) is 99.6 cm³/mol. The van der Waals surface area contributed by atoms with Gasteiger partial charge in [-0.05, 0) is 49.2 Å². The number of anilines is 1. The van der Waals surface area contributed by atoms with Crippen molar-refractivity contribution in [3.63, 3.8) is 0 Å². The number of likely N-dealkylation sites (N-methyl/N-ethyl adjacent to an activating group) is 1. The van der Waals surface area contributed by atoms with Gasteiger partial charge in [0.25, 0.3) is 5.91 Å². The number of carbonyl (C=O) groups excluding carboxylic acids is 1. The molecule has 1 N–H and O–H groups in total. The third-order valence-corrected chi connectivity index (χ3v) is 6.18. The molecule has 1 fully saturated rings. The van der Waals surface area contributed by atoms with Crippen molar-refractivity contribution in [2.45, 2.75) is 23.8 Å². The average molecular weight is 374 g/mol. The zero-order valence-corrected chi connectivity index (χ0v) is 15.4. The summed E-state index contributed by atoms with van der Waals surface area (Å²) in [5.41, 5.74) is 1.08. The molecule has 0 aromatic heterocycles. The van der Waals surface area contributed by atoms with Crippen LogP contribution >= 0.6 is 0 Å². The van der Waals surface area contributed by atoms with Gasteiger partial charge in [-0.15, -0.1) is 0 Å². The molecule has 1 aliphatic heterocycles. The van der Waals surface area contributed by atoms with E-state index >= 15 is 0 Å². The summed E-state index contributed by atoms with van der Waals surface area (Å²) in [6, 6.07) is 15.1. The molecule has 3 rings (SSSR count). The third kappa shape index (κ3) is 4.30. The molecule has 7 heteroatoms. The Kier molecular flexibility index (Phi) is 5.70. The molecule has 1 unspecified atom stereocenters. The van der Waals surface area contributed by atoms with E-state index in [9.17, 15) is 13.2 Å². The van der Waals surface area contributed by atoms with Crippen LogP contribution in [0.2, 0.25) is 0 Å². The fourth-order valence-electron chi connectivity index (χ4n) is 2.86. The Bertz CT molecular complexity index is 845. The van der Waals surface area contributed by atoms with Gasteiger partial charge in [0, 0.05) is 31.5 Å². The lowest BCUT2D eigenvalue weighted by Crippen LogP contribution is -2.34. The maximum absolute atomic E-state index is 12.7.